The number of aromatic nitrogens is 2. The third kappa shape index (κ3) is 5.32. The lowest BCUT2D eigenvalue weighted by Gasteiger charge is -2.10. The number of nitriles is 1. The Kier molecular flexibility index (Phi) is 5.97. The van der Waals surface area contributed by atoms with Crippen LogP contribution >= 0.6 is 0 Å². The molecule has 1 heterocycles. The van der Waals surface area contributed by atoms with Gasteiger partial charge in [-0.2, -0.15) is 23.4 Å². The molecule has 1 amide bonds. The molecule has 0 saturated heterocycles. The number of hydrogen-bond acceptors (Lipinski definition) is 5. The molecule has 0 saturated carbocycles. The highest BCUT2D eigenvalue weighted by Crippen LogP contribution is 2.30. The summed E-state index contributed by atoms with van der Waals surface area (Å²) < 4.78 is 43.6. The summed E-state index contributed by atoms with van der Waals surface area (Å²) in [5.74, 6) is -0.170. The van der Waals surface area contributed by atoms with Crippen LogP contribution in [-0.2, 0) is 11.0 Å². The van der Waals surface area contributed by atoms with Crippen LogP contribution in [0, 0.1) is 18.3 Å². The molecule has 0 aliphatic heterocycles. The first-order valence-electron chi connectivity index (χ1n) is 8.71. The minimum absolute atomic E-state index is 0.110. The zero-order chi connectivity index (χ0) is 21.7. The molecule has 0 aliphatic carbocycles. The van der Waals surface area contributed by atoms with Crippen LogP contribution in [0.3, 0.4) is 0 Å². The lowest BCUT2D eigenvalue weighted by molar-refractivity contribution is -0.137. The average Bonchev–Trinajstić information content (AvgIpc) is 2.71. The Labute approximate surface area is 170 Å². The largest absolute Gasteiger partial charge is 0.467 e. The minimum Gasteiger partial charge on any atom is -0.467 e. The van der Waals surface area contributed by atoms with Crippen molar-refractivity contribution in [2.75, 3.05) is 11.9 Å². The van der Waals surface area contributed by atoms with Crippen molar-refractivity contribution in [3.8, 4) is 23.3 Å². The lowest BCUT2D eigenvalue weighted by Crippen LogP contribution is -2.20. The predicted octanol–water partition coefficient (Wildman–Crippen LogP) is 4.36. The highest BCUT2D eigenvalue weighted by atomic mass is 19.4. The molecular formula is C21H15F3N4O2. The molecule has 2 aromatic carbocycles. The van der Waals surface area contributed by atoms with Gasteiger partial charge in [-0.05, 0) is 37.3 Å². The summed E-state index contributed by atoms with van der Waals surface area (Å²) in [6.07, 6.45) is -4.43. The molecule has 3 rings (SSSR count). The molecule has 0 atom stereocenters. The topological polar surface area (TPSA) is 87.9 Å². The van der Waals surface area contributed by atoms with E-state index in [-0.39, 0.29) is 18.3 Å². The molecule has 0 aliphatic rings. The first kappa shape index (κ1) is 20.8. The Morgan fingerprint density at radius 2 is 1.87 bits per heavy atom. The van der Waals surface area contributed by atoms with Gasteiger partial charge in [0.05, 0.1) is 17.2 Å². The summed E-state index contributed by atoms with van der Waals surface area (Å²) >= 11 is 0. The van der Waals surface area contributed by atoms with E-state index in [1.165, 1.54) is 24.3 Å². The van der Waals surface area contributed by atoms with Crippen molar-refractivity contribution in [2.24, 2.45) is 0 Å². The molecule has 0 bridgehead atoms. The van der Waals surface area contributed by atoms with Gasteiger partial charge in [0.2, 0.25) is 5.88 Å². The maximum absolute atomic E-state index is 12.7. The van der Waals surface area contributed by atoms with Crippen LogP contribution in [0.1, 0.15) is 16.8 Å². The van der Waals surface area contributed by atoms with E-state index in [0.29, 0.717) is 22.5 Å². The van der Waals surface area contributed by atoms with Gasteiger partial charge in [-0.15, -0.1) is 0 Å². The van der Waals surface area contributed by atoms with Gasteiger partial charge < -0.3 is 10.1 Å². The van der Waals surface area contributed by atoms with Gasteiger partial charge in [0.25, 0.3) is 5.91 Å². The summed E-state index contributed by atoms with van der Waals surface area (Å²) in [7, 11) is 0. The van der Waals surface area contributed by atoms with Gasteiger partial charge in [-0.3, -0.25) is 4.79 Å². The molecular weight excluding hydrogens is 397 g/mol. The van der Waals surface area contributed by atoms with Crippen molar-refractivity contribution in [3.05, 3.63) is 71.4 Å². The van der Waals surface area contributed by atoms with E-state index < -0.39 is 17.6 Å². The number of aryl methyl sites for hydroxylation is 1. The van der Waals surface area contributed by atoms with E-state index in [0.717, 1.165) is 12.1 Å². The zero-order valence-electron chi connectivity index (χ0n) is 15.7. The summed E-state index contributed by atoms with van der Waals surface area (Å²) in [5, 5.41) is 11.5. The quantitative estimate of drug-likeness (QED) is 0.673. The fraction of sp³-hybridized carbons (Fsp3) is 0.143. The second kappa shape index (κ2) is 8.61. The van der Waals surface area contributed by atoms with Crippen molar-refractivity contribution in [1.29, 1.82) is 5.26 Å². The summed E-state index contributed by atoms with van der Waals surface area (Å²) in [6, 6.07) is 14.3. The van der Waals surface area contributed by atoms with E-state index in [1.54, 1.807) is 25.1 Å². The number of halogens is 3. The van der Waals surface area contributed by atoms with E-state index in [1.807, 2.05) is 6.07 Å². The minimum atomic E-state index is -4.43. The Hall–Kier alpha value is -3.93. The number of benzene rings is 2. The first-order chi connectivity index (χ1) is 14.2. The number of carbonyl (C=O) groups is 1. The van der Waals surface area contributed by atoms with Gasteiger partial charge in [0.1, 0.15) is 0 Å². The Morgan fingerprint density at radius 3 is 2.53 bits per heavy atom. The third-order valence-corrected chi connectivity index (χ3v) is 3.93. The maximum atomic E-state index is 12.7. The number of alkyl halides is 3. The number of ether oxygens (including phenoxy) is 1. The van der Waals surface area contributed by atoms with Crippen molar-refractivity contribution < 1.29 is 22.7 Å². The average molecular weight is 412 g/mol. The van der Waals surface area contributed by atoms with Gasteiger partial charge in [0.15, 0.2) is 12.4 Å². The van der Waals surface area contributed by atoms with Crippen molar-refractivity contribution in [1.82, 2.24) is 9.97 Å². The van der Waals surface area contributed by atoms with Crippen molar-refractivity contribution in [3.63, 3.8) is 0 Å². The van der Waals surface area contributed by atoms with Crippen LogP contribution in [0.15, 0.2) is 54.6 Å². The van der Waals surface area contributed by atoms with Crippen molar-refractivity contribution >= 4 is 11.6 Å². The molecule has 1 N–H and O–H groups in total. The Morgan fingerprint density at radius 1 is 1.13 bits per heavy atom. The standard InChI is InChI=1S/C21H15F3N4O2/c1-13-9-19(30-12-18(29)27-17-4-2-3-14(10-17)11-25)28-20(26-13)15-5-7-16(8-6-15)21(22,23)24/h2-10H,12H2,1H3,(H,27,29). The summed E-state index contributed by atoms with van der Waals surface area (Å²) in [4.78, 5) is 20.5. The Bertz CT molecular complexity index is 1110. The van der Waals surface area contributed by atoms with Crippen LogP contribution in [0.4, 0.5) is 18.9 Å². The highest BCUT2D eigenvalue weighted by Gasteiger charge is 2.30. The number of carbonyl (C=O) groups excluding carboxylic acids is 1. The van der Waals surface area contributed by atoms with Crippen LogP contribution in [-0.4, -0.2) is 22.5 Å². The van der Waals surface area contributed by atoms with E-state index in [9.17, 15) is 18.0 Å². The maximum Gasteiger partial charge on any atom is 0.416 e. The Balaban J connectivity index is 1.69. The van der Waals surface area contributed by atoms with Crippen LogP contribution in [0.5, 0.6) is 5.88 Å². The van der Waals surface area contributed by atoms with Gasteiger partial charge >= 0.3 is 6.18 Å². The van der Waals surface area contributed by atoms with Crippen LogP contribution in [0.2, 0.25) is 0 Å². The molecule has 6 nitrogen and oxygen atoms in total. The molecule has 0 fully saturated rings. The predicted molar refractivity (Wildman–Crippen MR) is 102 cm³/mol. The molecule has 30 heavy (non-hydrogen) atoms. The number of anilines is 1. The molecule has 3 aromatic rings. The number of nitrogens with zero attached hydrogens (tertiary/aromatic N) is 3. The summed E-state index contributed by atoms with van der Waals surface area (Å²) in [6.45, 7) is 1.33. The fourth-order valence-electron chi connectivity index (χ4n) is 2.55. The number of amides is 1. The van der Waals surface area contributed by atoms with Crippen LogP contribution < -0.4 is 10.1 Å². The molecule has 9 heteroatoms. The summed E-state index contributed by atoms with van der Waals surface area (Å²) in [5.41, 5.74) is 0.993. The normalized spacial score (nSPS) is 10.9. The monoisotopic (exact) mass is 412 g/mol. The lowest BCUT2D eigenvalue weighted by atomic mass is 10.1. The molecule has 152 valence electrons. The van der Waals surface area contributed by atoms with E-state index in [4.69, 9.17) is 10.00 Å². The second-order valence-electron chi connectivity index (χ2n) is 6.28. The second-order valence-corrected chi connectivity index (χ2v) is 6.28. The number of nitrogens with one attached hydrogen (secondary N) is 1. The molecule has 0 radical (unpaired) electrons. The molecule has 1 aromatic heterocycles. The van der Waals surface area contributed by atoms with Gasteiger partial charge in [0, 0.05) is 23.0 Å². The van der Waals surface area contributed by atoms with E-state index in [2.05, 4.69) is 15.3 Å². The van der Waals surface area contributed by atoms with Gasteiger partial charge in [-0.25, -0.2) is 4.98 Å². The zero-order valence-corrected chi connectivity index (χ0v) is 15.7. The van der Waals surface area contributed by atoms with Crippen LogP contribution in [0.25, 0.3) is 11.4 Å². The first-order valence-corrected chi connectivity index (χ1v) is 8.71. The van der Waals surface area contributed by atoms with Gasteiger partial charge in [-0.1, -0.05) is 18.2 Å². The number of rotatable bonds is 5. The third-order valence-electron chi connectivity index (χ3n) is 3.93. The SMILES string of the molecule is Cc1cc(OCC(=O)Nc2cccc(C#N)c2)nc(-c2ccc(C(F)(F)F)cc2)n1. The number of hydrogen-bond donors (Lipinski definition) is 1. The van der Waals surface area contributed by atoms with Crippen molar-refractivity contribution in [2.45, 2.75) is 13.1 Å². The molecule has 0 spiro atoms. The fourth-order valence-corrected chi connectivity index (χ4v) is 2.55. The van der Waals surface area contributed by atoms with E-state index >= 15 is 0 Å². The molecule has 0 unspecified atom stereocenters. The highest BCUT2D eigenvalue weighted by molar-refractivity contribution is 5.92. The smallest absolute Gasteiger partial charge is 0.416 e.